The van der Waals surface area contributed by atoms with Crippen LogP contribution in [0.1, 0.15) is 33.6 Å². The maximum absolute atomic E-state index is 10.9. The van der Waals surface area contributed by atoms with Gasteiger partial charge in [-0.2, -0.15) is 0 Å². The molecule has 0 saturated heterocycles. The predicted octanol–water partition coefficient (Wildman–Crippen LogP) is 1.92. The van der Waals surface area contributed by atoms with Gasteiger partial charge in [0.2, 0.25) is 8.32 Å². The Labute approximate surface area is 113 Å². The molecule has 2 atom stereocenters. The van der Waals surface area contributed by atoms with Crippen molar-refractivity contribution in [3.05, 3.63) is 0 Å². The van der Waals surface area contributed by atoms with Crippen molar-refractivity contribution in [1.29, 1.82) is 0 Å². The molecule has 18 heavy (non-hydrogen) atoms. The van der Waals surface area contributed by atoms with E-state index >= 15 is 0 Å². The SMILES string of the molecule is CCCNCC(O)(COC(C)CC)[Si](C)(C)OC. The van der Waals surface area contributed by atoms with Gasteiger partial charge in [-0.25, -0.2) is 0 Å². The van der Waals surface area contributed by atoms with Crippen LogP contribution < -0.4 is 5.32 Å². The van der Waals surface area contributed by atoms with Crippen molar-refractivity contribution in [2.24, 2.45) is 0 Å². The molecule has 0 spiro atoms. The van der Waals surface area contributed by atoms with Crippen molar-refractivity contribution in [3.63, 3.8) is 0 Å². The molecule has 0 aliphatic heterocycles. The molecule has 0 rings (SSSR count). The van der Waals surface area contributed by atoms with Crippen LogP contribution in [0.4, 0.5) is 0 Å². The highest BCUT2D eigenvalue weighted by atomic mass is 28.4. The normalized spacial score (nSPS) is 17.5. The van der Waals surface area contributed by atoms with Gasteiger partial charge >= 0.3 is 0 Å². The minimum Gasteiger partial charge on any atom is -0.417 e. The third-order valence-corrected chi connectivity index (χ3v) is 7.24. The van der Waals surface area contributed by atoms with Gasteiger partial charge in [0.05, 0.1) is 12.7 Å². The van der Waals surface area contributed by atoms with Crippen LogP contribution in [0.2, 0.25) is 13.1 Å². The second kappa shape index (κ2) is 8.27. The van der Waals surface area contributed by atoms with E-state index in [0.717, 1.165) is 19.4 Å². The molecule has 110 valence electrons. The Morgan fingerprint density at radius 1 is 1.33 bits per heavy atom. The van der Waals surface area contributed by atoms with E-state index in [-0.39, 0.29) is 6.10 Å². The summed E-state index contributed by atoms with van der Waals surface area (Å²) in [4.78, 5) is 0. The predicted molar refractivity (Wildman–Crippen MR) is 78.3 cm³/mol. The van der Waals surface area contributed by atoms with Crippen molar-refractivity contribution < 1.29 is 14.3 Å². The summed E-state index contributed by atoms with van der Waals surface area (Å²) in [6.45, 7) is 12.1. The Hall–Kier alpha value is 0.0569. The van der Waals surface area contributed by atoms with Crippen molar-refractivity contribution in [1.82, 2.24) is 5.32 Å². The van der Waals surface area contributed by atoms with Gasteiger partial charge in [-0.3, -0.25) is 0 Å². The van der Waals surface area contributed by atoms with E-state index in [0.29, 0.717) is 13.2 Å². The molecule has 2 N–H and O–H groups in total. The third-order valence-electron chi connectivity index (χ3n) is 3.66. The van der Waals surface area contributed by atoms with Gasteiger partial charge < -0.3 is 19.6 Å². The van der Waals surface area contributed by atoms with Crippen LogP contribution in [0.5, 0.6) is 0 Å². The van der Waals surface area contributed by atoms with Gasteiger partial charge in [0.1, 0.15) is 5.22 Å². The Morgan fingerprint density at radius 3 is 2.39 bits per heavy atom. The Bertz CT molecular complexity index is 226. The second-order valence-corrected chi connectivity index (χ2v) is 9.81. The molecule has 0 aromatic heterocycles. The zero-order chi connectivity index (χ0) is 14.2. The first kappa shape index (κ1) is 18.1. The Morgan fingerprint density at radius 2 is 1.94 bits per heavy atom. The molecule has 0 aromatic carbocycles. The zero-order valence-electron chi connectivity index (χ0n) is 12.9. The highest BCUT2D eigenvalue weighted by Crippen LogP contribution is 2.22. The molecule has 0 aliphatic carbocycles. The Balaban J connectivity index is 4.59. The van der Waals surface area contributed by atoms with E-state index in [4.69, 9.17) is 9.16 Å². The summed E-state index contributed by atoms with van der Waals surface area (Å²) in [7, 11) is -0.512. The number of ether oxygens (including phenoxy) is 1. The minimum absolute atomic E-state index is 0.171. The standard InChI is InChI=1S/C13H31NO3Si/c1-7-9-14-10-13(15,18(5,6)16-4)11-17-12(3)8-2/h12,14-15H,7-11H2,1-6H3. The molecule has 0 aromatic rings. The first-order valence-electron chi connectivity index (χ1n) is 6.92. The summed E-state index contributed by atoms with van der Waals surface area (Å²) in [6.07, 6.45) is 2.18. The first-order chi connectivity index (χ1) is 8.33. The van der Waals surface area contributed by atoms with Gasteiger partial charge in [-0.05, 0) is 39.4 Å². The molecule has 0 aliphatic rings. The number of hydrogen-bond acceptors (Lipinski definition) is 4. The summed E-state index contributed by atoms with van der Waals surface area (Å²) in [5, 5.41) is 13.3. The summed E-state index contributed by atoms with van der Waals surface area (Å²) in [6, 6.07) is 0. The summed E-state index contributed by atoms with van der Waals surface area (Å²) < 4.78 is 11.3. The van der Waals surface area contributed by atoms with Gasteiger partial charge in [0.15, 0.2) is 0 Å². The maximum atomic E-state index is 10.9. The lowest BCUT2D eigenvalue weighted by Gasteiger charge is -2.40. The van der Waals surface area contributed by atoms with Gasteiger partial charge in [0, 0.05) is 13.7 Å². The second-order valence-electron chi connectivity index (χ2n) is 5.45. The fourth-order valence-electron chi connectivity index (χ4n) is 1.50. The number of nitrogens with one attached hydrogen (secondary N) is 1. The van der Waals surface area contributed by atoms with E-state index < -0.39 is 13.5 Å². The molecule has 5 heteroatoms. The highest BCUT2D eigenvalue weighted by molar-refractivity contribution is 6.74. The topological polar surface area (TPSA) is 50.7 Å². The van der Waals surface area contributed by atoms with Gasteiger partial charge in [0.25, 0.3) is 0 Å². The van der Waals surface area contributed by atoms with Gasteiger partial charge in [-0.15, -0.1) is 0 Å². The lowest BCUT2D eigenvalue weighted by molar-refractivity contribution is -0.0367. The average molecular weight is 277 g/mol. The molecule has 0 heterocycles. The lowest BCUT2D eigenvalue weighted by Crippen LogP contribution is -2.64. The van der Waals surface area contributed by atoms with E-state index in [1.165, 1.54) is 0 Å². The van der Waals surface area contributed by atoms with Crippen molar-refractivity contribution in [2.75, 3.05) is 26.8 Å². The van der Waals surface area contributed by atoms with Crippen LogP contribution in [0.15, 0.2) is 0 Å². The van der Waals surface area contributed by atoms with Crippen molar-refractivity contribution in [2.45, 2.75) is 58.0 Å². The van der Waals surface area contributed by atoms with Crippen LogP contribution in [0.3, 0.4) is 0 Å². The number of hydrogen-bond donors (Lipinski definition) is 2. The van der Waals surface area contributed by atoms with Gasteiger partial charge in [-0.1, -0.05) is 13.8 Å². The van der Waals surface area contributed by atoms with E-state index in [1.54, 1.807) is 7.11 Å². The van der Waals surface area contributed by atoms with Crippen molar-refractivity contribution >= 4 is 8.32 Å². The Kier molecular flexibility index (Phi) is 8.30. The zero-order valence-corrected chi connectivity index (χ0v) is 13.9. The van der Waals surface area contributed by atoms with Crippen LogP contribution in [-0.4, -0.2) is 51.6 Å². The molecule has 0 fully saturated rings. The van der Waals surface area contributed by atoms with Crippen molar-refractivity contribution in [3.8, 4) is 0 Å². The molecule has 2 unspecified atom stereocenters. The average Bonchev–Trinajstić information content (AvgIpc) is 2.36. The first-order valence-corrected chi connectivity index (χ1v) is 9.83. The molecule has 0 saturated carbocycles. The van der Waals surface area contributed by atoms with Crippen LogP contribution in [0.25, 0.3) is 0 Å². The molecule has 4 nitrogen and oxygen atoms in total. The number of aliphatic hydroxyl groups is 1. The van der Waals surface area contributed by atoms with E-state index in [9.17, 15) is 5.11 Å². The fourth-order valence-corrected chi connectivity index (χ4v) is 2.86. The summed E-state index contributed by atoms with van der Waals surface area (Å²) in [5.74, 6) is 0. The van der Waals surface area contributed by atoms with Crippen LogP contribution in [-0.2, 0) is 9.16 Å². The molecular formula is C13H31NO3Si. The molecule has 0 bridgehead atoms. The van der Waals surface area contributed by atoms with Crippen LogP contribution >= 0.6 is 0 Å². The molecule has 0 radical (unpaired) electrons. The monoisotopic (exact) mass is 277 g/mol. The van der Waals surface area contributed by atoms with E-state index in [2.05, 4.69) is 19.2 Å². The molecule has 0 amide bonds. The maximum Gasteiger partial charge on any atom is 0.221 e. The largest absolute Gasteiger partial charge is 0.417 e. The fraction of sp³-hybridized carbons (Fsp3) is 1.00. The molecular weight excluding hydrogens is 246 g/mol. The smallest absolute Gasteiger partial charge is 0.221 e. The lowest BCUT2D eigenvalue weighted by atomic mass is 10.3. The summed E-state index contributed by atoms with van der Waals surface area (Å²) >= 11 is 0. The quantitative estimate of drug-likeness (QED) is 0.473. The third kappa shape index (κ3) is 5.36. The minimum atomic E-state index is -2.19. The highest BCUT2D eigenvalue weighted by Gasteiger charge is 2.47. The number of rotatable bonds is 10. The van der Waals surface area contributed by atoms with Crippen LogP contribution in [0, 0.1) is 0 Å². The summed E-state index contributed by atoms with van der Waals surface area (Å²) in [5.41, 5.74) is 0. The van der Waals surface area contributed by atoms with E-state index in [1.807, 2.05) is 20.0 Å².